The smallest absolute Gasteiger partial charge is 0.262 e. The zero-order valence-corrected chi connectivity index (χ0v) is 16.9. The number of hydrogen-bond donors (Lipinski definition) is 1. The van der Waals surface area contributed by atoms with Gasteiger partial charge in [-0.25, -0.2) is 4.98 Å². The van der Waals surface area contributed by atoms with Crippen molar-refractivity contribution in [3.63, 3.8) is 0 Å². The van der Waals surface area contributed by atoms with E-state index in [4.69, 9.17) is 32.4 Å². The monoisotopic (exact) mass is 426 g/mol. The number of aromatic nitrogens is 1. The second-order valence-corrected chi connectivity index (χ2v) is 7.28. The molecule has 3 aromatic carbocycles. The van der Waals surface area contributed by atoms with Crippen molar-refractivity contribution >= 4 is 45.9 Å². The third-order valence-corrected chi connectivity index (χ3v) is 4.75. The number of benzene rings is 3. The van der Waals surface area contributed by atoms with E-state index < -0.39 is 0 Å². The molecule has 0 aliphatic rings. The van der Waals surface area contributed by atoms with Gasteiger partial charge in [0.15, 0.2) is 12.2 Å². The van der Waals surface area contributed by atoms with Crippen molar-refractivity contribution < 1.29 is 13.9 Å². The molecule has 29 heavy (non-hydrogen) atoms. The van der Waals surface area contributed by atoms with Crippen LogP contribution in [-0.2, 0) is 4.79 Å². The number of carbonyl (C=O) groups excluding carboxylic acids is 1. The molecule has 1 amide bonds. The molecule has 1 aromatic heterocycles. The van der Waals surface area contributed by atoms with Gasteiger partial charge in [0.05, 0.1) is 5.02 Å². The molecular weight excluding hydrogens is 411 g/mol. The molecule has 146 valence electrons. The Morgan fingerprint density at radius 2 is 1.93 bits per heavy atom. The predicted octanol–water partition coefficient (Wildman–Crippen LogP) is 6.13. The van der Waals surface area contributed by atoms with Crippen LogP contribution in [0.1, 0.15) is 5.56 Å². The summed E-state index contributed by atoms with van der Waals surface area (Å²) >= 11 is 12.2. The molecule has 0 radical (unpaired) electrons. The molecule has 0 fully saturated rings. The summed E-state index contributed by atoms with van der Waals surface area (Å²) in [5.41, 5.74) is 3.31. The maximum atomic E-state index is 12.3. The van der Waals surface area contributed by atoms with Gasteiger partial charge in [0.2, 0.25) is 5.89 Å². The minimum absolute atomic E-state index is 0.0912. The molecule has 7 heteroatoms. The average Bonchev–Trinajstić information content (AvgIpc) is 3.12. The standard InChI is InChI=1S/C22H16Cl2N2O3/c1-13-5-2-3-8-19(13)28-12-20(27)25-16-7-4-6-14(9-16)22-26-18-11-15(23)10-17(24)21(18)29-22/h2-11H,12H2,1H3,(H,25,27). The fourth-order valence-corrected chi connectivity index (χ4v) is 3.39. The zero-order valence-electron chi connectivity index (χ0n) is 15.4. The third-order valence-electron chi connectivity index (χ3n) is 4.26. The lowest BCUT2D eigenvalue weighted by Gasteiger charge is -2.09. The summed E-state index contributed by atoms with van der Waals surface area (Å²) in [4.78, 5) is 16.7. The van der Waals surface area contributed by atoms with Gasteiger partial charge < -0.3 is 14.5 Å². The summed E-state index contributed by atoms with van der Waals surface area (Å²) < 4.78 is 11.4. The molecule has 1 heterocycles. The van der Waals surface area contributed by atoms with Crippen LogP contribution < -0.4 is 10.1 Å². The lowest BCUT2D eigenvalue weighted by molar-refractivity contribution is -0.118. The lowest BCUT2D eigenvalue weighted by Crippen LogP contribution is -2.20. The summed E-state index contributed by atoms with van der Waals surface area (Å²) in [5, 5.41) is 3.69. The highest BCUT2D eigenvalue weighted by molar-refractivity contribution is 6.38. The number of nitrogens with zero attached hydrogens (tertiary/aromatic N) is 1. The summed E-state index contributed by atoms with van der Waals surface area (Å²) in [6, 6.07) is 18.0. The van der Waals surface area contributed by atoms with Crippen molar-refractivity contribution in [1.29, 1.82) is 0 Å². The van der Waals surface area contributed by atoms with Crippen molar-refractivity contribution in [2.75, 3.05) is 11.9 Å². The number of halogens is 2. The van der Waals surface area contributed by atoms with E-state index in [9.17, 15) is 4.79 Å². The fourth-order valence-electron chi connectivity index (χ4n) is 2.87. The van der Waals surface area contributed by atoms with Crippen LogP contribution in [0.15, 0.2) is 65.1 Å². The Morgan fingerprint density at radius 3 is 2.76 bits per heavy atom. The van der Waals surface area contributed by atoms with Gasteiger partial charge in [-0.15, -0.1) is 0 Å². The van der Waals surface area contributed by atoms with Crippen LogP contribution in [-0.4, -0.2) is 17.5 Å². The van der Waals surface area contributed by atoms with E-state index in [-0.39, 0.29) is 12.5 Å². The second-order valence-electron chi connectivity index (χ2n) is 6.44. The van der Waals surface area contributed by atoms with E-state index in [0.717, 1.165) is 5.56 Å². The van der Waals surface area contributed by atoms with E-state index in [2.05, 4.69) is 10.3 Å². The summed E-state index contributed by atoms with van der Waals surface area (Å²) in [6.45, 7) is 1.84. The number of para-hydroxylation sites is 1. The molecule has 0 unspecified atom stereocenters. The van der Waals surface area contributed by atoms with Crippen molar-refractivity contribution in [3.05, 3.63) is 76.3 Å². The largest absolute Gasteiger partial charge is 0.483 e. The number of rotatable bonds is 5. The number of ether oxygens (including phenoxy) is 1. The highest BCUT2D eigenvalue weighted by Gasteiger charge is 2.13. The number of amides is 1. The number of hydrogen-bond acceptors (Lipinski definition) is 4. The molecule has 5 nitrogen and oxygen atoms in total. The topological polar surface area (TPSA) is 64.4 Å². The Balaban J connectivity index is 1.49. The van der Waals surface area contributed by atoms with Crippen LogP contribution >= 0.6 is 23.2 Å². The van der Waals surface area contributed by atoms with Crippen molar-refractivity contribution in [3.8, 4) is 17.2 Å². The Morgan fingerprint density at radius 1 is 1.10 bits per heavy atom. The minimum atomic E-state index is -0.266. The number of nitrogens with one attached hydrogen (secondary N) is 1. The van der Waals surface area contributed by atoms with Gasteiger partial charge in [-0.05, 0) is 48.9 Å². The first-order valence-corrected chi connectivity index (χ1v) is 9.59. The first-order valence-electron chi connectivity index (χ1n) is 8.84. The SMILES string of the molecule is Cc1ccccc1OCC(=O)Nc1cccc(-c2nc3cc(Cl)cc(Cl)c3o2)c1. The molecule has 0 atom stereocenters. The van der Waals surface area contributed by atoms with Gasteiger partial charge in [0, 0.05) is 16.3 Å². The van der Waals surface area contributed by atoms with E-state index >= 15 is 0 Å². The van der Waals surface area contributed by atoms with E-state index in [1.165, 1.54) is 0 Å². The van der Waals surface area contributed by atoms with Gasteiger partial charge in [0.1, 0.15) is 11.3 Å². The van der Waals surface area contributed by atoms with E-state index in [1.54, 1.807) is 30.3 Å². The Labute approximate surface area is 177 Å². The molecule has 0 aliphatic carbocycles. The number of fused-ring (bicyclic) bond motifs is 1. The maximum absolute atomic E-state index is 12.3. The lowest BCUT2D eigenvalue weighted by atomic mass is 10.2. The quantitative estimate of drug-likeness (QED) is 0.416. The summed E-state index contributed by atoms with van der Waals surface area (Å²) in [7, 11) is 0. The molecule has 0 spiro atoms. The van der Waals surface area contributed by atoms with E-state index in [1.807, 2.05) is 37.3 Å². The molecular formula is C22H16Cl2N2O3. The molecule has 1 N–H and O–H groups in total. The third kappa shape index (κ3) is 4.36. The Bertz CT molecular complexity index is 1200. The van der Waals surface area contributed by atoms with Crippen molar-refractivity contribution in [2.45, 2.75) is 6.92 Å². The predicted molar refractivity (Wildman–Crippen MR) is 115 cm³/mol. The zero-order chi connectivity index (χ0) is 20.4. The number of anilines is 1. The Kier molecular flexibility index (Phi) is 5.43. The van der Waals surface area contributed by atoms with Gasteiger partial charge in [-0.3, -0.25) is 4.79 Å². The van der Waals surface area contributed by atoms with Crippen LogP contribution in [0.5, 0.6) is 5.75 Å². The van der Waals surface area contributed by atoms with Gasteiger partial charge in [0.25, 0.3) is 5.91 Å². The average molecular weight is 427 g/mol. The molecule has 0 saturated carbocycles. The summed E-state index contributed by atoms with van der Waals surface area (Å²) in [5.74, 6) is 0.799. The normalized spacial score (nSPS) is 10.9. The molecule has 4 rings (SSSR count). The molecule has 4 aromatic rings. The van der Waals surface area contributed by atoms with E-state index in [0.29, 0.717) is 44.0 Å². The molecule has 0 saturated heterocycles. The van der Waals surface area contributed by atoms with Crippen LogP contribution in [0, 0.1) is 6.92 Å². The molecule has 0 bridgehead atoms. The number of oxazole rings is 1. The first kappa shape index (κ1) is 19.3. The van der Waals surface area contributed by atoms with Crippen LogP contribution in [0.4, 0.5) is 5.69 Å². The maximum Gasteiger partial charge on any atom is 0.262 e. The second kappa shape index (κ2) is 8.15. The van der Waals surface area contributed by atoms with Crippen molar-refractivity contribution in [1.82, 2.24) is 4.98 Å². The number of carbonyl (C=O) groups is 1. The Hall–Kier alpha value is -3.02. The molecule has 0 aliphatic heterocycles. The minimum Gasteiger partial charge on any atom is -0.483 e. The highest BCUT2D eigenvalue weighted by Crippen LogP contribution is 2.32. The number of aryl methyl sites for hydroxylation is 1. The fraction of sp³-hybridized carbons (Fsp3) is 0.0909. The van der Waals surface area contributed by atoms with Crippen LogP contribution in [0.3, 0.4) is 0 Å². The van der Waals surface area contributed by atoms with Crippen LogP contribution in [0.25, 0.3) is 22.6 Å². The first-order chi connectivity index (χ1) is 14.0. The summed E-state index contributed by atoms with van der Waals surface area (Å²) in [6.07, 6.45) is 0. The van der Waals surface area contributed by atoms with Crippen molar-refractivity contribution in [2.24, 2.45) is 0 Å². The van der Waals surface area contributed by atoms with Crippen LogP contribution in [0.2, 0.25) is 10.0 Å². The van der Waals surface area contributed by atoms with Gasteiger partial charge >= 0.3 is 0 Å². The highest BCUT2D eigenvalue weighted by atomic mass is 35.5. The van der Waals surface area contributed by atoms with Gasteiger partial charge in [-0.1, -0.05) is 47.5 Å². The van der Waals surface area contributed by atoms with Gasteiger partial charge in [-0.2, -0.15) is 0 Å².